The van der Waals surface area contributed by atoms with Crippen LogP contribution in [0.15, 0.2) is 43.0 Å². The molecule has 76 valence electrons. The Balaban J connectivity index is 2.32. The topological polar surface area (TPSA) is 46.0 Å². The predicted molar refractivity (Wildman–Crippen MR) is 57.3 cm³/mol. The first-order valence-corrected chi connectivity index (χ1v) is 4.77. The molecule has 15 heavy (non-hydrogen) atoms. The van der Waals surface area contributed by atoms with Crippen molar-refractivity contribution in [2.75, 3.05) is 0 Å². The van der Waals surface area contributed by atoms with Gasteiger partial charge >= 0.3 is 0 Å². The zero-order chi connectivity index (χ0) is 10.7. The number of benzene rings is 1. The summed E-state index contributed by atoms with van der Waals surface area (Å²) >= 11 is 0. The molecule has 1 aromatic carbocycles. The van der Waals surface area contributed by atoms with Gasteiger partial charge in [-0.1, -0.05) is 29.8 Å². The van der Waals surface area contributed by atoms with Crippen LogP contribution >= 0.6 is 0 Å². The van der Waals surface area contributed by atoms with Crippen LogP contribution in [-0.4, -0.2) is 15.1 Å². The fraction of sp³-hybridized carbons (Fsp3) is 0.167. The van der Waals surface area contributed by atoms with E-state index in [1.165, 1.54) is 6.33 Å². The van der Waals surface area contributed by atoms with Crippen molar-refractivity contribution in [1.82, 2.24) is 9.97 Å². The van der Waals surface area contributed by atoms with Crippen molar-refractivity contribution in [3.8, 4) is 0 Å². The Hall–Kier alpha value is -1.74. The molecule has 1 N–H and O–H groups in total. The number of rotatable bonds is 2. The van der Waals surface area contributed by atoms with E-state index in [0.717, 1.165) is 11.1 Å². The summed E-state index contributed by atoms with van der Waals surface area (Å²) in [4.78, 5) is 7.77. The number of aliphatic hydroxyl groups is 1. The third-order valence-electron chi connectivity index (χ3n) is 2.25. The third kappa shape index (κ3) is 2.19. The van der Waals surface area contributed by atoms with Crippen molar-refractivity contribution in [2.45, 2.75) is 13.0 Å². The molecule has 0 aliphatic carbocycles. The number of hydrogen-bond donors (Lipinski definition) is 1. The van der Waals surface area contributed by atoms with E-state index in [-0.39, 0.29) is 0 Å². The maximum absolute atomic E-state index is 10.0. The van der Waals surface area contributed by atoms with Gasteiger partial charge in [0.05, 0.1) is 0 Å². The molecule has 2 aromatic rings. The van der Waals surface area contributed by atoms with Crippen LogP contribution in [0.2, 0.25) is 0 Å². The van der Waals surface area contributed by atoms with Crippen molar-refractivity contribution in [2.24, 2.45) is 0 Å². The minimum absolute atomic E-state index is 0.647. The van der Waals surface area contributed by atoms with Crippen LogP contribution in [-0.2, 0) is 0 Å². The molecule has 0 fully saturated rings. The van der Waals surface area contributed by atoms with E-state index in [1.807, 2.05) is 31.2 Å². The second-order valence-electron chi connectivity index (χ2n) is 3.49. The van der Waals surface area contributed by atoms with Crippen LogP contribution in [0.5, 0.6) is 0 Å². The van der Waals surface area contributed by atoms with Gasteiger partial charge in [-0.2, -0.15) is 0 Å². The molecule has 2 rings (SSSR count). The molecule has 0 radical (unpaired) electrons. The quantitative estimate of drug-likeness (QED) is 0.804. The van der Waals surface area contributed by atoms with Crippen LogP contribution in [0, 0.1) is 6.92 Å². The summed E-state index contributed by atoms with van der Waals surface area (Å²) in [6, 6.07) is 7.78. The van der Waals surface area contributed by atoms with Crippen molar-refractivity contribution in [3.05, 3.63) is 59.7 Å². The second-order valence-corrected chi connectivity index (χ2v) is 3.49. The fourth-order valence-corrected chi connectivity index (χ4v) is 1.48. The van der Waals surface area contributed by atoms with Gasteiger partial charge in [0.2, 0.25) is 0 Å². The van der Waals surface area contributed by atoms with Gasteiger partial charge in [0.15, 0.2) is 0 Å². The monoisotopic (exact) mass is 200 g/mol. The van der Waals surface area contributed by atoms with Crippen LogP contribution in [0.25, 0.3) is 0 Å². The highest BCUT2D eigenvalue weighted by atomic mass is 16.3. The molecule has 0 saturated carbocycles. The highest BCUT2D eigenvalue weighted by Crippen LogP contribution is 2.20. The molecule has 1 heterocycles. The van der Waals surface area contributed by atoms with E-state index in [2.05, 4.69) is 9.97 Å². The molecule has 3 heteroatoms. The Morgan fingerprint density at radius 1 is 1.13 bits per heavy atom. The average molecular weight is 200 g/mol. The molecule has 1 atom stereocenters. The van der Waals surface area contributed by atoms with Gasteiger partial charge < -0.3 is 5.11 Å². The van der Waals surface area contributed by atoms with Gasteiger partial charge in [-0.25, -0.2) is 9.97 Å². The molecule has 1 unspecified atom stereocenters. The predicted octanol–water partition coefficient (Wildman–Crippen LogP) is 1.87. The van der Waals surface area contributed by atoms with Gasteiger partial charge in [0, 0.05) is 18.0 Å². The van der Waals surface area contributed by atoms with Gasteiger partial charge in [-0.15, -0.1) is 0 Å². The molecule has 0 aliphatic heterocycles. The average Bonchev–Trinajstić information content (AvgIpc) is 2.29. The van der Waals surface area contributed by atoms with Crippen LogP contribution in [0.4, 0.5) is 0 Å². The van der Waals surface area contributed by atoms with Crippen LogP contribution in [0.3, 0.4) is 0 Å². The summed E-state index contributed by atoms with van der Waals surface area (Å²) in [7, 11) is 0. The zero-order valence-electron chi connectivity index (χ0n) is 8.46. The van der Waals surface area contributed by atoms with E-state index in [0.29, 0.717) is 5.56 Å². The lowest BCUT2D eigenvalue weighted by Gasteiger charge is -2.10. The van der Waals surface area contributed by atoms with Gasteiger partial charge in [0.1, 0.15) is 12.4 Å². The first-order chi connectivity index (χ1) is 7.27. The molecule has 0 bridgehead atoms. The lowest BCUT2D eigenvalue weighted by atomic mass is 10.0. The second kappa shape index (κ2) is 4.19. The standard InChI is InChI=1S/C12H12N2O/c1-9-3-2-4-10(5-9)12(15)11-6-13-8-14-7-11/h2-8,12,15H,1H3. The first kappa shape index (κ1) is 9.80. The van der Waals surface area contributed by atoms with Crippen molar-refractivity contribution < 1.29 is 5.11 Å². The maximum atomic E-state index is 10.0. The Labute approximate surface area is 88.5 Å². The smallest absolute Gasteiger partial charge is 0.115 e. The van der Waals surface area contributed by atoms with Crippen molar-refractivity contribution in [3.63, 3.8) is 0 Å². The maximum Gasteiger partial charge on any atom is 0.115 e. The molecule has 0 aliphatic rings. The molecular formula is C12H12N2O. The normalized spacial score (nSPS) is 12.4. The van der Waals surface area contributed by atoms with E-state index in [4.69, 9.17) is 0 Å². The third-order valence-corrected chi connectivity index (χ3v) is 2.25. The number of aliphatic hydroxyl groups excluding tert-OH is 1. The number of hydrogen-bond acceptors (Lipinski definition) is 3. The largest absolute Gasteiger partial charge is 0.384 e. The molecule has 0 saturated heterocycles. The lowest BCUT2D eigenvalue weighted by molar-refractivity contribution is 0.219. The molecule has 0 amide bonds. The minimum Gasteiger partial charge on any atom is -0.384 e. The highest BCUT2D eigenvalue weighted by Gasteiger charge is 2.10. The molecule has 3 nitrogen and oxygen atoms in total. The van der Waals surface area contributed by atoms with E-state index in [9.17, 15) is 5.11 Å². The summed E-state index contributed by atoms with van der Waals surface area (Å²) in [6.45, 7) is 2.00. The van der Waals surface area contributed by atoms with Crippen molar-refractivity contribution in [1.29, 1.82) is 0 Å². The Bertz CT molecular complexity index is 442. The lowest BCUT2D eigenvalue weighted by Crippen LogP contribution is -2.00. The van der Waals surface area contributed by atoms with E-state index >= 15 is 0 Å². The zero-order valence-corrected chi connectivity index (χ0v) is 8.46. The number of aryl methyl sites for hydroxylation is 1. The Morgan fingerprint density at radius 3 is 2.53 bits per heavy atom. The summed E-state index contributed by atoms with van der Waals surface area (Å²) in [5, 5.41) is 10.0. The summed E-state index contributed by atoms with van der Waals surface area (Å²) in [5.74, 6) is 0. The SMILES string of the molecule is Cc1cccc(C(O)c2cncnc2)c1. The minimum atomic E-state index is -0.647. The fourth-order valence-electron chi connectivity index (χ4n) is 1.48. The number of nitrogens with zero attached hydrogens (tertiary/aromatic N) is 2. The van der Waals surface area contributed by atoms with Crippen molar-refractivity contribution >= 4 is 0 Å². The Morgan fingerprint density at radius 2 is 1.87 bits per heavy atom. The summed E-state index contributed by atoms with van der Waals surface area (Å²) in [6.07, 6.45) is 4.05. The summed E-state index contributed by atoms with van der Waals surface area (Å²) < 4.78 is 0. The number of aromatic nitrogens is 2. The Kier molecular flexibility index (Phi) is 2.74. The molecule has 0 spiro atoms. The van der Waals surface area contributed by atoms with E-state index < -0.39 is 6.10 Å². The molecule has 1 aromatic heterocycles. The van der Waals surface area contributed by atoms with Crippen LogP contribution < -0.4 is 0 Å². The van der Waals surface area contributed by atoms with Crippen LogP contribution in [0.1, 0.15) is 22.8 Å². The first-order valence-electron chi connectivity index (χ1n) is 4.77. The molecular weight excluding hydrogens is 188 g/mol. The van der Waals surface area contributed by atoms with Gasteiger partial charge in [-0.05, 0) is 12.5 Å². The summed E-state index contributed by atoms with van der Waals surface area (Å²) in [5.41, 5.74) is 2.70. The van der Waals surface area contributed by atoms with Gasteiger partial charge in [0.25, 0.3) is 0 Å². The highest BCUT2D eigenvalue weighted by molar-refractivity contribution is 5.29. The van der Waals surface area contributed by atoms with Gasteiger partial charge in [-0.3, -0.25) is 0 Å². The van der Waals surface area contributed by atoms with E-state index in [1.54, 1.807) is 12.4 Å².